The van der Waals surface area contributed by atoms with Crippen LogP contribution in [0, 0.1) is 6.92 Å². The van der Waals surface area contributed by atoms with Crippen molar-refractivity contribution in [3.63, 3.8) is 0 Å². The number of ether oxygens (including phenoxy) is 3. The maximum atomic E-state index is 11.8. The number of carbonyl (C=O) groups excluding carboxylic acids is 1. The molecule has 1 atom stereocenters. The summed E-state index contributed by atoms with van der Waals surface area (Å²) in [6, 6.07) is 7.69. The number of aryl methyl sites for hydroxylation is 1. The molecule has 4 heteroatoms. The summed E-state index contributed by atoms with van der Waals surface area (Å²) in [5.41, 5.74) is 1.91. The van der Waals surface area contributed by atoms with Crippen molar-refractivity contribution in [2.24, 2.45) is 0 Å². The van der Waals surface area contributed by atoms with E-state index in [2.05, 4.69) is 0 Å². The standard InChI is InChI=1S/C15H18O4/c1-4-17-13-10-15(18-5-2,19-14(13)16)12-8-6-11(3)7-9-12/h6-10H,4-5H2,1-3H3. The molecule has 1 aromatic carbocycles. The maximum Gasteiger partial charge on any atom is 0.376 e. The quantitative estimate of drug-likeness (QED) is 0.765. The minimum absolute atomic E-state index is 0.205. The molecule has 1 heterocycles. The minimum Gasteiger partial charge on any atom is -0.487 e. The summed E-state index contributed by atoms with van der Waals surface area (Å²) < 4.78 is 16.3. The van der Waals surface area contributed by atoms with Gasteiger partial charge in [-0.15, -0.1) is 0 Å². The lowest BCUT2D eigenvalue weighted by Gasteiger charge is -2.26. The molecular weight excluding hydrogens is 244 g/mol. The van der Waals surface area contributed by atoms with Gasteiger partial charge >= 0.3 is 5.97 Å². The lowest BCUT2D eigenvalue weighted by molar-refractivity contribution is -0.202. The Kier molecular flexibility index (Phi) is 3.90. The van der Waals surface area contributed by atoms with Gasteiger partial charge in [0.1, 0.15) is 0 Å². The molecule has 1 aromatic rings. The second-order valence-corrected chi connectivity index (χ2v) is 4.30. The van der Waals surface area contributed by atoms with Crippen LogP contribution in [0.1, 0.15) is 25.0 Å². The van der Waals surface area contributed by atoms with E-state index in [-0.39, 0.29) is 5.76 Å². The summed E-state index contributed by atoms with van der Waals surface area (Å²) in [5.74, 6) is -1.45. The Morgan fingerprint density at radius 1 is 1.16 bits per heavy atom. The number of hydrogen-bond acceptors (Lipinski definition) is 4. The summed E-state index contributed by atoms with van der Waals surface area (Å²) in [6.45, 7) is 6.52. The number of carbonyl (C=O) groups is 1. The highest BCUT2D eigenvalue weighted by molar-refractivity contribution is 5.89. The van der Waals surface area contributed by atoms with Gasteiger partial charge in [-0.3, -0.25) is 0 Å². The molecule has 1 unspecified atom stereocenters. The molecular formula is C15H18O4. The molecule has 0 saturated carbocycles. The van der Waals surface area contributed by atoms with E-state index in [1.165, 1.54) is 0 Å². The van der Waals surface area contributed by atoms with E-state index in [0.29, 0.717) is 13.2 Å². The SMILES string of the molecule is CCOC1=CC(OCC)(c2ccc(C)cc2)OC1=O. The molecule has 0 radical (unpaired) electrons. The first kappa shape index (κ1) is 13.6. The van der Waals surface area contributed by atoms with E-state index in [1.807, 2.05) is 45.0 Å². The van der Waals surface area contributed by atoms with Crippen molar-refractivity contribution in [2.75, 3.05) is 13.2 Å². The van der Waals surface area contributed by atoms with Crippen LogP contribution in [0.4, 0.5) is 0 Å². The highest BCUT2D eigenvalue weighted by Crippen LogP contribution is 2.36. The zero-order valence-electron chi connectivity index (χ0n) is 11.4. The third-order valence-corrected chi connectivity index (χ3v) is 2.88. The molecule has 0 spiro atoms. The molecule has 102 valence electrons. The molecule has 0 N–H and O–H groups in total. The average Bonchev–Trinajstić information content (AvgIpc) is 2.69. The highest BCUT2D eigenvalue weighted by atomic mass is 16.7. The van der Waals surface area contributed by atoms with Gasteiger partial charge in [0.15, 0.2) is 0 Å². The molecule has 1 aliphatic heterocycles. The first-order chi connectivity index (χ1) is 9.11. The fourth-order valence-corrected chi connectivity index (χ4v) is 2.00. The maximum absolute atomic E-state index is 11.8. The second-order valence-electron chi connectivity index (χ2n) is 4.30. The smallest absolute Gasteiger partial charge is 0.376 e. The van der Waals surface area contributed by atoms with Crippen LogP contribution in [-0.2, 0) is 24.8 Å². The normalized spacial score (nSPS) is 22.1. The van der Waals surface area contributed by atoms with Gasteiger partial charge in [0, 0.05) is 18.2 Å². The average molecular weight is 262 g/mol. The molecule has 0 aliphatic carbocycles. The van der Waals surface area contributed by atoms with E-state index < -0.39 is 11.8 Å². The van der Waals surface area contributed by atoms with Crippen LogP contribution in [0.25, 0.3) is 0 Å². The van der Waals surface area contributed by atoms with Gasteiger partial charge in [0.05, 0.1) is 6.61 Å². The zero-order chi connectivity index (χ0) is 13.9. The van der Waals surface area contributed by atoms with Crippen LogP contribution < -0.4 is 0 Å². The molecule has 0 amide bonds. The molecule has 1 aliphatic rings. The lowest BCUT2D eigenvalue weighted by Crippen LogP contribution is -2.29. The van der Waals surface area contributed by atoms with E-state index in [4.69, 9.17) is 14.2 Å². The van der Waals surface area contributed by atoms with Gasteiger partial charge < -0.3 is 14.2 Å². The second kappa shape index (κ2) is 5.45. The molecule has 4 nitrogen and oxygen atoms in total. The minimum atomic E-state index is -1.16. The molecule has 2 rings (SSSR count). The van der Waals surface area contributed by atoms with E-state index in [1.54, 1.807) is 6.08 Å². The fraction of sp³-hybridized carbons (Fsp3) is 0.400. The summed E-state index contributed by atoms with van der Waals surface area (Å²) in [5, 5.41) is 0. The molecule has 0 aromatic heterocycles. The van der Waals surface area contributed by atoms with Gasteiger partial charge in [-0.05, 0) is 20.8 Å². The van der Waals surface area contributed by atoms with Crippen LogP contribution in [-0.4, -0.2) is 19.2 Å². The van der Waals surface area contributed by atoms with E-state index in [0.717, 1.165) is 11.1 Å². The first-order valence-electron chi connectivity index (χ1n) is 6.41. The molecule has 0 fully saturated rings. The summed E-state index contributed by atoms with van der Waals surface area (Å²) in [4.78, 5) is 11.8. The van der Waals surface area contributed by atoms with Crippen LogP contribution in [0.2, 0.25) is 0 Å². The van der Waals surface area contributed by atoms with Gasteiger partial charge in [0.2, 0.25) is 5.76 Å². The predicted octanol–water partition coefficient (Wildman–Crippen LogP) is 2.66. The lowest BCUT2D eigenvalue weighted by atomic mass is 10.0. The largest absolute Gasteiger partial charge is 0.487 e. The topological polar surface area (TPSA) is 44.8 Å². The number of benzene rings is 1. The third kappa shape index (κ3) is 2.63. The van der Waals surface area contributed by atoms with Gasteiger partial charge in [0.25, 0.3) is 5.79 Å². The van der Waals surface area contributed by atoms with Crippen molar-refractivity contribution >= 4 is 5.97 Å². The van der Waals surface area contributed by atoms with Crippen molar-refractivity contribution in [3.05, 3.63) is 47.2 Å². The Hall–Kier alpha value is -1.81. The summed E-state index contributed by atoms with van der Waals surface area (Å²) in [6.07, 6.45) is 1.60. The predicted molar refractivity (Wildman–Crippen MR) is 70.3 cm³/mol. The summed E-state index contributed by atoms with van der Waals surface area (Å²) >= 11 is 0. The van der Waals surface area contributed by atoms with Crippen LogP contribution in [0.15, 0.2) is 36.1 Å². The highest BCUT2D eigenvalue weighted by Gasteiger charge is 2.43. The Labute approximate surface area is 113 Å². The number of esters is 1. The van der Waals surface area contributed by atoms with Gasteiger partial charge in [-0.2, -0.15) is 0 Å². The number of hydrogen-bond donors (Lipinski definition) is 0. The summed E-state index contributed by atoms with van der Waals surface area (Å²) in [7, 11) is 0. The zero-order valence-corrected chi connectivity index (χ0v) is 11.4. The monoisotopic (exact) mass is 262 g/mol. The third-order valence-electron chi connectivity index (χ3n) is 2.88. The Balaban J connectivity index is 2.39. The fourth-order valence-electron chi connectivity index (χ4n) is 2.00. The number of rotatable bonds is 5. The Morgan fingerprint density at radius 2 is 1.84 bits per heavy atom. The van der Waals surface area contributed by atoms with Gasteiger partial charge in [-0.1, -0.05) is 29.8 Å². The van der Waals surface area contributed by atoms with Crippen molar-refractivity contribution in [2.45, 2.75) is 26.6 Å². The van der Waals surface area contributed by atoms with Crippen molar-refractivity contribution in [1.29, 1.82) is 0 Å². The first-order valence-corrected chi connectivity index (χ1v) is 6.41. The van der Waals surface area contributed by atoms with Crippen molar-refractivity contribution in [3.8, 4) is 0 Å². The molecule has 0 bridgehead atoms. The van der Waals surface area contributed by atoms with Crippen LogP contribution in [0.5, 0.6) is 0 Å². The van der Waals surface area contributed by atoms with Crippen LogP contribution >= 0.6 is 0 Å². The van der Waals surface area contributed by atoms with E-state index >= 15 is 0 Å². The Morgan fingerprint density at radius 3 is 2.42 bits per heavy atom. The van der Waals surface area contributed by atoms with Crippen LogP contribution in [0.3, 0.4) is 0 Å². The molecule has 0 saturated heterocycles. The number of cyclic esters (lactones) is 1. The molecule has 19 heavy (non-hydrogen) atoms. The van der Waals surface area contributed by atoms with Crippen molar-refractivity contribution < 1.29 is 19.0 Å². The Bertz CT molecular complexity index is 489. The van der Waals surface area contributed by atoms with E-state index in [9.17, 15) is 4.79 Å². The van der Waals surface area contributed by atoms with Crippen molar-refractivity contribution in [1.82, 2.24) is 0 Å². The van der Waals surface area contributed by atoms with Gasteiger partial charge in [-0.25, -0.2) is 4.79 Å².